The van der Waals surface area contributed by atoms with Crippen molar-refractivity contribution in [2.24, 2.45) is 0 Å². The number of carbonyl (C=O) groups excluding carboxylic acids is 3. The highest BCUT2D eigenvalue weighted by Gasteiger charge is 2.40. The second kappa shape index (κ2) is 6.63. The van der Waals surface area contributed by atoms with Gasteiger partial charge in [-0.05, 0) is 0 Å². The Morgan fingerprint density at radius 3 is 1.56 bits per heavy atom. The van der Waals surface area contributed by atoms with Crippen molar-refractivity contribution in [2.45, 2.75) is 39.1 Å². The maximum Gasteiger partial charge on any atom is 0.303 e. The van der Waals surface area contributed by atoms with Gasteiger partial charge in [-0.15, -0.1) is 0 Å². The Morgan fingerprint density at radius 2 is 1.22 bits per heavy atom. The van der Waals surface area contributed by atoms with E-state index in [0.29, 0.717) is 11.5 Å². The van der Waals surface area contributed by atoms with Crippen LogP contribution in [0.5, 0.6) is 0 Å². The van der Waals surface area contributed by atoms with Gasteiger partial charge < -0.3 is 14.2 Å². The summed E-state index contributed by atoms with van der Waals surface area (Å²) in [6, 6.07) is 0. The molecule has 1 fully saturated rings. The first-order chi connectivity index (χ1) is 8.40. The molecule has 18 heavy (non-hydrogen) atoms. The SMILES string of the molecule is CC(=O)OC1[C@H](OC(C)=O)CSC[C@H]1OC(C)=O. The first-order valence-corrected chi connectivity index (χ1v) is 6.65. The van der Waals surface area contributed by atoms with Gasteiger partial charge in [0.1, 0.15) is 0 Å². The van der Waals surface area contributed by atoms with E-state index < -0.39 is 36.2 Å². The number of hydrogen-bond acceptors (Lipinski definition) is 7. The normalized spacial score (nSPS) is 24.2. The summed E-state index contributed by atoms with van der Waals surface area (Å²) in [6.07, 6.45) is -1.92. The molecule has 0 aliphatic carbocycles. The number of rotatable bonds is 3. The van der Waals surface area contributed by atoms with Crippen molar-refractivity contribution in [3.63, 3.8) is 0 Å². The van der Waals surface area contributed by atoms with Gasteiger partial charge in [0.25, 0.3) is 0 Å². The lowest BCUT2D eigenvalue weighted by Crippen LogP contribution is -2.50. The third-order valence-corrected chi connectivity index (χ3v) is 3.36. The molecule has 7 heteroatoms. The van der Waals surface area contributed by atoms with Gasteiger partial charge in [-0.1, -0.05) is 0 Å². The molecule has 0 amide bonds. The van der Waals surface area contributed by atoms with Gasteiger partial charge in [-0.2, -0.15) is 11.8 Å². The molecule has 0 aromatic heterocycles. The summed E-state index contributed by atoms with van der Waals surface area (Å²) in [5.41, 5.74) is 0. The fourth-order valence-corrected chi connectivity index (χ4v) is 2.82. The number of carbonyl (C=O) groups is 3. The lowest BCUT2D eigenvalue weighted by molar-refractivity contribution is -0.179. The fourth-order valence-electron chi connectivity index (χ4n) is 1.70. The van der Waals surface area contributed by atoms with Crippen LogP contribution >= 0.6 is 11.8 Å². The Labute approximate surface area is 109 Å². The molecule has 1 saturated heterocycles. The zero-order chi connectivity index (χ0) is 13.7. The minimum atomic E-state index is -0.739. The highest BCUT2D eigenvalue weighted by atomic mass is 32.2. The third-order valence-electron chi connectivity index (χ3n) is 2.23. The average molecular weight is 276 g/mol. The fraction of sp³-hybridized carbons (Fsp3) is 0.727. The first-order valence-electron chi connectivity index (χ1n) is 5.49. The summed E-state index contributed by atoms with van der Waals surface area (Å²) in [4.78, 5) is 33.0. The van der Waals surface area contributed by atoms with Crippen molar-refractivity contribution in [1.82, 2.24) is 0 Å². The minimum Gasteiger partial charge on any atom is -0.458 e. The summed E-state index contributed by atoms with van der Waals surface area (Å²) in [7, 11) is 0. The summed E-state index contributed by atoms with van der Waals surface area (Å²) in [6.45, 7) is 3.83. The maximum atomic E-state index is 11.1. The monoisotopic (exact) mass is 276 g/mol. The maximum absolute atomic E-state index is 11.1. The molecule has 0 radical (unpaired) electrons. The highest BCUT2D eigenvalue weighted by Crippen LogP contribution is 2.26. The number of hydrogen-bond donors (Lipinski definition) is 0. The predicted molar refractivity (Wildman–Crippen MR) is 64.0 cm³/mol. The smallest absolute Gasteiger partial charge is 0.303 e. The molecule has 1 aliphatic rings. The quantitative estimate of drug-likeness (QED) is 0.549. The second-order valence-electron chi connectivity index (χ2n) is 3.91. The van der Waals surface area contributed by atoms with Crippen LogP contribution in [0.25, 0.3) is 0 Å². The van der Waals surface area contributed by atoms with E-state index in [0.717, 1.165) is 0 Å². The third kappa shape index (κ3) is 4.56. The molecule has 0 spiro atoms. The molecule has 6 nitrogen and oxygen atoms in total. The first kappa shape index (κ1) is 14.8. The van der Waals surface area contributed by atoms with Crippen LogP contribution < -0.4 is 0 Å². The molecular weight excluding hydrogens is 260 g/mol. The standard InChI is InChI=1S/C11H16O6S/c1-6(12)15-9-4-18-5-10(16-7(2)13)11(9)17-8(3)14/h9-11H,4-5H2,1-3H3/t9-,10-/m1/s1. The Kier molecular flexibility index (Phi) is 5.46. The molecule has 1 rings (SSSR count). The second-order valence-corrected chi connectivity index (χ2v) is 4.98. The minimum absolute atomic E-state index is 0.457. The molecule has 0 aromatic rings. The summed E-state index contributed by atoms with van der Waals surface area (Å²) in [5, 5.41) is 0. The van der Waals surface area contributed by atoms with Crippen LogP contribution in [0.15, 0.2) is 0 Å². The Hall–Kier alpha value is -1.24. The van der Waals surface area contributed by atoms with Gasteiger partial charge in [-0.3, -0.25) is 14.4 Å². The van der Waals surface area contributed by atoms with Crippen LogP contribution in [0.1, 0.15) is 20.8 Å². The molecule has 102 valence electrons. The Balaban J connectivity index is 2.78. The molecule has 0 bridgehead atoms. The largest absolute Gasteiger partial charge is 0.458 e. The Morgan fingerprint density at radius 1 is 0.833 bits per heavy atom. The van der Waals surface area contributed by atoms with Gasteiger partial charge >= 0.3 is 17.9 Å². The van der Waals surface area contributed by atoms with E-state index in [2.05, 4.69) is 0 Å². The van der Waals surface area contributed by atoms with E-state index in [4.69, 9.17) is 14.2 Å². The van der Waals surface area contributed by atoms with E-state index in [1.54, 1.807) is 0 Å². The van der Waals surface area contributed by atoms with Crippen LogP contribution in [0, 0.1) is 0 Å². The van der Waals surface area contributed by atoms with Crippen molar-refractivity contribution < 1.29 is 28.6 Å². The van der Waals surface area contributed by atoms with Crippen LogP contribution in [0.2, 0.25) is 0 Å². The zero-order valence-electron chi connectivity index (χ0n) is 10.5. The van der Waals surface area contributed by atoms with E-state index in [1.165, 1.54) is 32.5 Å². The molecule has 0 N–H and O–H groups in total. The van der Waals surface area contributed by atoms with Crippen molar-refractivity contribution in [1.29, 1.82) is 0 Å². The van der Waals surface area contributed by atoms with Crippen molar-refractivity contribution in [3.05, 3.63) is 0 Å². The molecule has 0 aromatic carbocycles. The van der Waals surface area contributed by atoms with Crippen LogP contribution in [0.3, 0.4) is 0 Å². The van der Waals surface area contributed by atoms with E-state index >= 15 is 0 Å². The molecule has 2 atom stereocenters. The van der Waals surface area contributed by atoms with Crippen molar-refractivity contribution >= 4 is 29.7 Å². The number of esters is 3. The van der Waals surface area contributed by atoms with Crippen LogP contribution in [-0.4, -0.2) is 47.7 Å². The molecule has 1 aliphatic heterocycles. The highest BCUT2D eigenvalue weighted by molar-refractivity contribution is 7.99. The topological polar surface area (TPSA) is 78.9 Å². The van der Waals surface area contributed by atoms with Gasteiger partial charge in [0.2, 0.25) is 0 Å². The summed E-state index contributed by atoms with van der Waals surface area (Å²) < 4.78 is 15.3. The number of ether oxygens (including phenoxy) is 3. The van der Waals surface area contributed by atoms with Crippen molar-refractivity contribution in [2.75, 3.05) is 11.5 Å². The van der Waals surface area contributed by atoms with Gasteiger partial charge in [0.05, 0.1) is 0 Å². The van der Waals surface area contributed by atoms with Crippen LogP contribution in [0.4, 0.5) is 0 Å². The van der Waals surface area contributed by atoms with Gasteiger partial charge in [-0.25, -0.2) is 0 Å². The van der Waals surface area contributed by atoms with Crippen molar-refractivity contribution in [3.8, 4) is 0 Å². The van der Waals surface area contributed by atoms with Crippen LogP contribution in [-0.2, 0) is 28.6 Å². The van der Waals surface area contributed by atoms with E-state index in [9.17, 15) is 14.4 Å². The predicted octanol–water partition coefficient (Wildman–Crippen LogP) is 0.528. The van der Waals surface area contributed by atoms with Gasteiger partial charge in [0, 0.05) is 32.3 Å². The van der Waals surface area contributed by atoms with E-state index in [-0.39, 0.29) is 0 Å². The molecule has 1 heterocycles. The lowest BCUT2D eigenvalue weighted by atomic mass is 10.1. The van der Waals surface area contributed by atoms with Gasteiger partial charge in [0.15, 0.2) is 18.3 Å². The summed E-state index contributed by atoms with van der Waals surface area (Å²) >= 11 is 1.48. The molecular formula is C11H16O6S. The average Bonchev–Trinajstić information content (AvgIpc) is 2.20. The Bertz CT molecular complexity index is 318. The summed E-state index contributed by atoms with van der Waals surface area (Å²) in [5.74, 6) is -0.395. The molecule has 0 saturated carbocycles. The molecule has 0 unspecified atom stereocenters. The van der Waals surface area contributed by atoms with E-state index in [1.807, 2.05) is 0 Å². The zero-order valence-corrected chi connectivity index (χ0v) is 11.3. The lowest BCUT2D eigenvalue weighted by Gasteiger charge is -2.35. The number of thioether (sulfide) groups is 1.